The molecule has 0 aliphatic rings. The molecule has 6 heteroatoms. The number of unbranched alkanes of at least 4 members (excludes halogenated alkanes) is 2. The maximum Gasteiger partial charge on any atom is 0.350 e. The molecule has 1 atom stereocenters. The highest BCUT2D eigenvalue weighted by molar-refractivity contribution is 7.56. The summed E-state index contributed by atoms with van der Waals surface area (Å²) in [7, 11) is -3.81. The Balaban J connectivity index is 1.79. The summed E-state index contributed by atoms with van der Waals surface area (Å²) >= 11 is 0. The van der Waals surface area contributed by atoms with Gasteiger partial charge in [-0.05, 0) is 48.1 Å². The number of hydrogen-bond acceptors (Lipinski definition) is 3. The minimum absolute atomic E-state index is 0.0725. The van der Waals surface area contributed by atoms with Gasteiger partial charge in [-0.2, -0.15) is 0 Å². The van der Waals surface area contributed by atoms with Crippen LogP contribution in [0.2, 0.25) is 0 Å². The normalized spacial score (nSPS) is 13.3. The minimum Gasteiger partial charge on any atom is -0.326 e. The number of nitrogens with one attached hydrogen (secondary N) is 1. The van der Waals surface area contributed by atoms with Crippen molar-refractivity contribution in [1.29, 1.82) is 0 Å². The average molecular weight is 388 g/mol. The summed E-state index contributed by atoms with van der Waals surface area (Å²) in [4.78, 5) is 21.5. The Hall–Kier alpha value is -1.81. The SMILES string of the molecule is CCCCCc1ccc(-c2ccc(CNCCCP(=O)(O)N=O)cc2)cc1. The maximum atomic E-state index is 11.1. The van der Waals surface area contributed by atoms with Crippen LogP contribution in [0.4, 0.5) is 0 Å². The van der Waals surface area contributed by atoms with Gasteiger partial charge in [-0.25, -0.2) is 0 Å². The molecule has 2 aromatic carbocycles. The Bertz CT molecular complexity index is 745. The standard InChI is InChI=1S/C21H29N2O3P/c1-2-3-4-6-18-7-11-20(12-8-18)21-13-9-19(10-14-21)17-22-15-5-16-27(25,26)23-24/h7-14,22H,2-6,15-17H2,1H3,(H,25,26). The first-order chi connectivity index (χ1) is 13.0. The molecule has 0 heterocycles. The zero-order chi connectivity index (χ0) is 19.5. The summed E-state index contributed by atoms with van der Waals surface area (Å²) in [6.45, 7) is 3.48. The molecule has 0 saturated heterocycles. The van der Waals surface area contributed by atoms with Gasteiger partial charge in [0.15, 0.2) is 0 Å². The minimum atomic E-state index is -3.81. The number of aryl methyl sites for hydroxylation is 1. The molecule has 0 spiro atoms. The highest BCUT2D eigenvalue weighted by Crippen LogP contribution is 2.41. The molecule has 0 aromatic heterocycles. The fraction of sp³-hybridized carbons (Fsp3) is 0.429. The van der Waals surface area contributed by atoms with E-state index >= 15 is 0 Å². The van der Waals surface area contributed by atoms with Crippen molar-refractivity contribution in [3.63, 3.8) is 0 Å². The number of hydrogen-bond donors (Lipinski definition) is 2. The second-order valence-corrected chi connectivity index (χ2v) is 8.79. The van der Waals surface area contributed by atoms with Crippen molar-refractivity contribution in [2.24, 2.45) is 4.95 Å². The summed E-state index contributed by atoms with van der Waals surface area (Å²) in [6, 6.07) is 17.2. The third-order valence-electron chi connectivity index (χ3n) is 4.57. The molecule has 27 heavy (non-hydrogen) atoms. The predicted molar refractivity (Wildman–Crippen MR) is 112 cm³/mol. The summed E-state index contributed by atoms with van der Waals surface area (Å²) < 4.78 is 11.1. The lowest BCUT2D eigenvalue weighted by Gasteiger charge is -2.08. The summed E-state index contributed by atoms with van der Waals surface area (Å²) in [5, 5.41) is 3.21. The predicted octanol–water partition coefficient (Wildman–Crippen LogP) is 5.52. The Labute approximate surface area is 161 Å². The van der Waals surface area contributed by atoms with Crippen molar-refractivity contribution in [3.8, 4) is 11.1 Å². The van der Waals surface area contributed by atoms with Gasteiger partial charge >= 0.3 is 7.52 Å². The van der Waals surface area contributed by atoms with Crippen LogP contribution < -0.4 is 5.32 Å². The Morgan fingerprint density at radius 3 is 2.07 bits per heavy atom. The summed E-state index contributed by atoms with van der Waals surface area (Å²) in [5.74, 6) is 0. The van der Waals surface area contributed by atoms with E-state index in [2.05, 4.69) is 65.7 Å². The molecule has 0 saturated carbocycles. The van der Waals surface area contributed by atoms with Gasteiger partial charge in [0.1, 0.15) is 0 Å². The first-order valence-electron chi connectivity index (χ1n) is 9.60. The molecule has 0 bridgehead atoms. The fourth-order valence-corrected chi connectivity index (χ4v) is 3.59. The van der Waals surface area contributed by atoms with Gasteiger partial charge < -0.3 is 10.2 Å². The number of nitroso groups, excluding NO2 is 1. The van der Waals surface area contributed by atoms with E-state index in [0.717, 1.165) is 12.0 Å². The van der Waals surface area contributed by atoms with Gasteiger partial charge in [-0.3, -0.25) is 4.57 Å². The first kappa shape index (κ1) is 21.5. The molecular weight excluding hydrogens is 359 g/mol. The van der Waals surface area contributed by atoms with E-state index in [1.54, 1.807) is 0 Å². The summed E-state index contributed by atoms with van der Waals surface area (Å²) in [6.07, 6.45) is 5.30. The molecule has 146 valence electrons. The van der Waals surface area contributed by atoms with Crippen LogP contribution in [0, 0.1) is 4.91 Å². The van der Waals surface area contributed by atoms with Crippen molar-refractivity contribution in [1.82, 2.24) is 5.32 Å². The van der Waals surface area contributed by atoms with Crippen LogP contribution in [0.3, 0.4) is 0 Å². The lowest BCUT2D eigenvalue weighted by Crippen LogP contribution is -2.15. The van der Waals surface area contributed by atoms with Gasteiger partial charge in [0.05, 0.1) is 0 Å². The van der Waals surface area contributed by atoms with E-state index in [1.807, 2.05) is 0 Å². The van der Waals surface area contributed by atoms with Crippen LogP contribution >= 0.6 is 7.52 Å². The molecule has 5 nitrogen and oxygen atoms in total. The van der Waals surface area contributed by atoms with Crippen molar-refractivity contribution >= 4 is 7.52 Å². The van der Waals surface area contributed by atoms with Gasteiger partial charge in [-0.15, -0.1) is 4.91 Å². The zero-order valence-electron chi connectivity index (χ0n) is 15.9. The topological polar surface area (TPSA) is 78.8 Å². The van der Waals surface area contributed by atoms with Crippen LogP contribution in [0.25, 0.3) is 11.1 Å². The quantitative estimate of drug-likeness (QED) is 0.285. The highest BCUT2D eigenvalue weighted by Gasteiger charge is 2.16. The van der Waals surface area contributed by atoms with Gasteiger partial charge in [-0.1, -0.05) is 68.3 Å². The molecule has 0 fully saturated rings. The molecule has 2 rings (SSSR count). The van der Waals surface area contributed by atoms with E-state index in [1.165, 1.54) is 36.0 Å². The smallest absolute Gasteiger partial charge is 0.326 e. The second-order valence-electron chi connectivity index (χ2n) is 6.85. The molecule has 2 aromatic rings. The van der Waals surface area contributed by atoms with Crippen molar-refractivity contribution < 1.29 is 9.46 Å². The van der Waals surface area contributed by atoms with Crippen molar-refractivity contribution in [2.75, 3.05) is 12.7 Å². The maximum absolute atomic E-state index is 11.1. The molecule has 0 amide bonds. The van der Waals surface area contributed by atoms with Crippen LogP contribution in [0.5, 0.6) is 0 Å². The van der Waals surface area contributed by atoms with E-state index in [-0.39, 0.29) is 6.16 Å². The van der Waals surface area contributed by atoms with Crippen molar-refractivity contribution in [2.45, 2.75) is 45.6 Å². The monoisotopic (exact) mass is 388 g/mol. The first-order valence-corrected chi connectivity index (χ1v) is 11.4. The van der Waals surface area contributed by atoms with Crippen LogP contribution in [0.15, 0.2) is 53.5 Å². The highest BCUT2D eigenvalue weighted by atomic mass is 31.2. The van der Waals surface area contributed by atoms with Crippen molar-refractivity contribution in [3.05, 3.63) is 64.6 Å². The van der Waals surface area contributed by atoms with Crippen LogP contribution in [0.1, 0.15) is 43.7 Å². The zero-order valence-corrected chi connectivity index (χ0v) is 16.8. The van der Waals surface area contributed by atoms with Crippen LogP contribution in [-0.4, -0.2) is 17.6 Å². The Morgan fingerprint density at radius 2 is 1.52 bits per heavy atom. The molecular formula is C21H29N2O3P. The van der Waals surface area contributed by atoms with E-state index in [0.29, 0.717) is 19.5 Å². The van der Waals surface area contributed by atoms with Crippen LogP contribution in [-0.2, 0) is 17.5 Å². The molecule has 0 radical (unpaired) electrons. The Morgan fingerprint density at radius 1 is 0.926 bits per heavy atom. The molecule has 0 aliphatic carbocycles. The second kappa shape index (κ2) is 11.1. The third-order valence-corrected chi connectivity index (χ3v) is 5.72. The van der Waals surface area contributed by atoms with E-state index in [9.17, 15) is 9.47 Å². The largest absolute Gasteiger partial charge is 0.350 e. The third kappa shape index (κ3) is 7.76. The van der Waals surface area contributed by atoms with Gasteiger partial charge in [0, 0.05) is 17.7 Å². The lowest BCUT2D eigenvalue weighted by molar-refractivity contribution is 0.476. The summed E-state index contributed by atoms with van der Waals surface area (Å²) in [5.41, 5.74) is 4.95. The lowest BCUT2D eigenvalue weighted by atomic mass is 10.0. The molecule has 1 unspecified atom stereocenters. The van der Waals surface area contributed by atoms with Gasteiger partial charge in [0.25, 0.3) is 0 Å². The van der Waals surface area contributed by atoms with E-state index in [4.69, 9.17) is 4.89 Å². The number of rotatable bonds is 12. The Kier molecular flexibility index (Phi) is 8.86. The fourth-order valence-electron chi connectivity index (χ4n) is 2.94. The van der Waals surface area contributed by atoms with Gasteiger partial charge in [0.2, 0.25) is 0 Å². The number of nitrogens with zero attached hydrogens (tertiary/aromatic N) is 1. The molecule has 2 N–H and O–H groups in total. The average Bonchev–Trinajstić information content (AvgIpc) is 2.69. The number of benzene rings is 2. The van der Waals surface area contributed by atoms with E-state index < -0.39 is 7.52 Å². The molecule has 0 aliphatic heterocycles.